The second kappa shape index (κ2) is 4.65. The molecule has 3 aromatic rings. The highest BCUT2D eigenvalue weighted by Gasteiger charge is 2.13. The molecule has 0 saturated heterocycles. The zero-order chi connectivity index (χ0) is 13.2. The summed E-state index contributed by atoms with van der Waals surface area (Å²) in [5.74, 6) is 1.28. The lowest BCUT2D eigenvalue weighted by molar-refractivity contribution is 0.194. The van der Waals surface area contributed by atoms with E-state index in [9.17, 15) is 5.11 Å². The molecule has 98 valence electrons. The van der Waals surface area contributed by atoms with Gasteiger partial charge in [-0.05, 0) is 19.1 Å². The summed E-state index contributed by atoms with van der Waals surface area (Å²) in [7, 11) is 0. The lowest BCUT2D eigenvalue weighted by Gasteiger charge is -1.95. The molecule has 3 heterocycles. The summed E-state index contributed by atoms with van der Waals surface area (Å²) in [4.78, 5) is 4.18. The molecule has 0 bridgehead atoms. The van der Waals surface area contributed by atoms with Crippen LogP contribution in [0.25, 0.3) is 11.7 Å². The number of rotatable bonds is 4. The summed E-state index contributed by atoms with van der Waals surface area (Å²) in [6, 6.07) is 3.48. The molecule has 0 fully saturated rings. The Morgan fingerprint density at radius 3 is 3.05 bits per heavy atom. The Morgan fingerprint density at radius 1 is 1.47 bits per heavy atom. The van der Waals surface area contributed by atoms with Crippen LogP contribution >= 0.6 is 0 Å². The summed E-state index contributed by atoms with van der Waals surface area (Å²) in [5, 5.41) is 20.9. The van der Waals surface area contributed by atoms with Gasteiger partial charge in [0.2, 0.25) is 0 Å². The topological polar surface area (TPSA) is 103 Å². The highest BCUT2D eigenvalue weighted by molar-refractivity contribution is 5.42. The fraction of sp³-hybridized carbons (Fsp3) is 0.273. The van der Waals surface area contributed by atoms with Crippen molar-refractivity contribution in [3.05, 3.63) is 36.1 Å². The van der Waals surface area contributed by atoms with E-state index in [0.717, 1.165) is 0 Å². The number of aliphatic hydroxyl groups excluding tert-OH is 1. The van der Waals surface area contributed by atoms with E-state index in [1.54, 1.807) is 25.3 Å². The van der Waals surface area contributed by atoms with Gasteiger partial charge in [-0.15, -0.1) is 5.10 Å². The quantitative estimate of drug-likeness (QED) is 0.747. The molecule has 0 aliphatic heterocycles. The average molecular weight is 261 g/mol. The molecule has 0 saturated carbocycles. The standard InChI is InChI=1S/C11H11N5O3/c1-7(17)8-5-16(15-13-8)6-10-12-11(19-14-10)9-3-2-4-18-9/h2-5,7,17H,6H2,1H3. The van der Waals surface area contributed by atoms with Gasteiger partial charge in [0.25, 0.3) is 5.89 Å². The van der Waals surface area contributed by atoms with Crippen molar-refractivity contribution in [1.29, 1.82) is 0 Å². The van der Waals surface area contributed by atoms with Crippen molar-refractivity contribution in [3.8, 4) is 11.7 Å². The van der Waals surface area contributed by atoms with Crippen molar-refractivity contribution < 1.29 is 14.0 Å². The van der Waals surface area contributed by atoms with E-state index in [2.05, 4.69) is 20.5 Å². The average Bonchev–Trinajstić information content (AvgIpc) is 3.09. The van der Waals surface area contributed by atoms with Crippen LogP contribution in [0.15, 0.2) is 33.5 Å². The van der Waals surface area contributed by atoms with E-state index in [4.69, 9.17) is 8.94 Å². The predicted octanol–water partition coefficient (Wildman–Crippen LogP) is 1.02. The van der Waals surface area contributed by atoms with Crippen LogP contribution in [0.2, 0.25) is 0 Å². The Bertz CT molecular complexity index is 655. The number of aliphatic hydroxyl groups is 1. The smallest absolute Gasteiger partial charge is 0.293 e. The molecule has 0 aliphatic rings. The number of hydrogen-bond donors (Lipinski definition) is 1. The lowest BCUT2D eigenvalue weighted by Crippen LogP contribution is -2.02. The fourth-order valence-electron chi connectivity index (χ4n) is 1.55. The first-order chi connectivity index (χ1) is 9.22. The molecule has 1 N–H and O–H groups in total. The van der Waals surface area contributed by atoms with Gasteiger partial charge < -0.3 is 14.0 Å². The normalized spacial score (nSPS) is 12.7. The second-order valence-corrected chi connectivity index (χ2v) is 4.01. The molecule has 8 nitrogen and oxygen atoms in total. The molecular formula is C11H11N5O3. The van der Waals surface area contributed by atoms with Crippen LogP contribution in [-0.2, 0) is 6.54 Å². The molecule has 0 aliphatic carbocycles. The van der Waals surface area contributed by atoms with E-state index in [-0.39, 0.29) is 0 Å². The molecule has 3 aromatic heterocycles. The van der Waals surface area contributed by atoms with Gasteiger partial charge in [0.05, 0.1) is 18.6 Å². The number of hydrogen-bond acceptors (Lipinski definition) is 7. The summed E-state index contributed by atoms with van der Waals surface area (Å²) in [5.41, 5.74) is 0.495. The number of aromatic nitrogens is 5. The molecule has 1 unspecified atom stereocenters. The van der Waals surface area contributed by atoms with E-state index >= 15 is 0 Å². The van der Waals surface area contributed by atoms with Crippen molar-refractivity contribution in [1.82, 2.24) is 25.1 Å². The minimum atomic E-state index is -0.655. The molecule has 0 spiro atoms. The summed E-state index contributed by atoms with van der Waals surface area (Å²) in [6.45, 7) is 1.93. The maximum absolute atomic E-state index is 9.35. The number of nitrogens with zero attached hydrogens (tertiary/aromatic N) is 5. The largest absolute Gasteiger partial charge is 0.459 e. The first kappa shape index (κ1) is 11.6. The van der Waals surface area contributed by atoms with Gasteiger partial charge in [-0.3, -0.25) is 0 Å². The van der Waals surface area contributed by atoms with Gasteiger partial charge >= 0.3 is 0 Å². The van der Waals surface area contributed by atoms with Crippen LogP contribution in [-0.4, -0.2) is 30.2 Å². The highest BCUT2D eigenvalue weighted by atomic mass is 16.5. The molecule has 0 aromatic carbocycles. The predicted molar refractivity (Wildman–Crippen MR) is 61.8 cm³/mol. The zero-order valence-electron chi connectivity index (χ0n) is 10.1. The van der Waals surface area contributed by atoms with E-state index in [0.29, 0.717) is 29.7 Å². The van der Waals surface area contributed by atoms with Crippen molar-refractivity contribution in [2.75, 3.05) is 0 Å². The third-order valence-electron chi connectivity index (χ3n) is 2.49. The summed E-state index contributed by atoms with van der Waals surface area (Å²) >= 11 is 0. The van der Waals surface area contributed by atoms with Crippen molar-refractivity contribution in [2.45, 2.75) is 19.6 Å². The Hall–Kier alpha value is -2.48. The summed E-state index contributed by atoms with van der Waals surface area (Å²) < 4.78 is 11.8. The van der Waals surface area contributed by atoms with Crippen molar-refractivity contribution in [2.24, 2.45) is 0 Å². The molecule has 8 heteroatoms. The van der Waals surface area contributed by atoms with Crippen LogP contribution in [0.1, 0.15) is 24.5 Å². The van der Waals surface area contributed by atoms with Gasteiger partial charge in [0.1, 0.15) is 12.2 Å². The van der Waals surface area contributed by atoms with Crippen molar-refractivity contribution in [3.63, 3.8) is 0 Å². The van der Waals surface area contributed by atoms with Gasteiger partial charge in [-0.25, -0.2) is 4.68 Å². The van der Waals surface area contributed by atoms with Gasteiger partial charge in [0, 0.05) is 0 Å². The summed E-state index contributed by atoms with van der Waals surface area (Å²) in [6.07, 6.45) is 2.51. The number of furan rings is 1. The van der Waals surface area contributed by atoms with Crippen LogP contribution in [0.3, 0.4) is 0 Å². The molecule has 1 atom stereocenters. The lowest BCUT2D eigenvalue weighted by atomic mass is 10.3. The van der Waals surface area contributed by atoms with E-state index < -0.39 is 6.10 Å². The molecule has 19 heavy (non-hydrogen) atoms. The van der Waals surface area contributed by atoms with E-state index in [1.165, 1.54) is 10.9 Å². The third kappa shape index (κ3) is 2.38. The van der Waals surface area contributed by atoms with Crippen LogP contribution in [0.5, 0.6) is 0 Å². The van der Waals surface area contributed by atoms with Gasteiger partial charge in [-0.1, -0.05) is 10.4 Å². The Kier molecular flexibility index (Phi) is 2.84. The Morgan fingerprint density at radius 2 is 2.37 bits per heavy atom. The minimum Gasteiger partial charge on any atom is -0.459 e. The fourth-order valence-corrected chi connectivity index (χ4v) is 1.55. The highest BCUT2D eigenvalue weighted by Crippen LogP contribution is 2.17. The van der Waals surface area contributed by atoms with Crippen molar-refractivity contribution >= 4 is 0 Å². The van der Waals surface area contributed by atoms with Crippen LogP contribution < -0.4 is 0 Å². The molecule has 0 amide bonds. The van der Waals surface area contributed by atoms with E-state index in [1.807, 2.05) is 0 Å². The second-order valence-electron chi connectivity index (χ2n) is 4.01. The SMILES string of the molecule is CC(O)c1cn(Cc2noc(-c3ccco3)n2)nn1. The molecule has 0 radical (unpaired) electrons. The maximum atomic E-state index is 9.35. The monoisotopic (exact) mass is 261 g/mol. The van der Waals surface area contributed by atoms with Gasteiger partial charge in [-0.2, -0.15) is 4.98 Å². The first-order valence-corrected chi connectivity index (χ1v) is 5.67. The third-order valence-corrected chi connectivity index (χ3v) is 2.49. The van der Waals surface area contributed by atoms with Gasteiger partial charge in [0.15, 0.2) is 11.6 Å². The Labute approximate surface area is 107 Å². The maximum Gasteiger partial charge on any atom is 0.293 e. The molecule has 3 rings (SSSR count). The minimum absolute atomic E-state index is 0.309. The Balaban J connectivity index is 1.76. The molecular weight excluding hydrogens is 250 g/mol. The van der Waals surface area contributed by atoms with Crippen LogP contribution in [0.4, 0.5) is 0 Å². The van der Waals surface area contributed by atoms with Crippen LogP contribution in [0, 0.1) is 0 Å². The zero-order valence-corrected chi connectivity index (χ0v) is 10.1. The first-order valence-electron chi connectivity index (χ1n) is 5.67.